The maximum absolute atomic E-state index is 4.93. The van der Waals surface area contributed by atoms with Crippen molar-refractivity contribution in [1.82, 2.24) is 9.97 Å². The lowest BCUT2D eigenvalue weighted by atomic mass is 10.1. The van der Waals surface area contributed by atoms with E-state index in [2.05, 4.69) is 206 Å². The number of aromatic nitrogens is 2. The van der Waals surface area contributed by atoms with Crippen LogP contribution >= 0.6 is 14.5 Å². The molecule has 0 atom stereocenters. The van der Waals surface area contributed by atoms with Crippen LogP contribution in [0.4, 0.5) is 0 Å². The molecule has 52 heavy (non-hydrogen) atoms. The van der Waals surface area contributed by atoms with Gasteiger partial charge in [-0.1, -0.05) is 109 Å². The van der Waals surface area contributed by atoms with Crippen LogP contribution in [0.2, 0.25) is 0 Å². The molecule has 2 heterocycles. The summed E-state index contributed by atoms with van der Waals surface area (Å²) in [5.41, 5.74) is 4.30. The van der Waals surface area contributed by atoms with E-state index in [4.69, 9.17) is 9.97 Å². The van der Waals surface area contributed by atoms with Crippen molar-refractivity contribution in [2.75, 3.05) is 0 Å². The van der Waals surface area contributed by atoms with Crippen LogP contribution in [0.15, 0.2) is 219 Å². The van der Waals surface area contributed by atoms with Crippen LogP contribution in [-0.2, 0) is 12.3 Å². The standard InChI is InChI=1S/C48H40N2P2/c1-7-19-41(20-8-1)51(42-21-9-2-10-22-42,43-23-11-3-12-24-43)37-39-31-33-49-47(35-39)48-36-40(32-34-50-48)38-52(44-25-13-4-14-26-44,45-27-15-5-16-28-45)46-29-17-6-18-30-46/h1-36H,37-38H2/q+2. The van der Waals surface area contributed by atoms with E-state index in [0.717, 1.165) is 23.7 Å². The van der Waals surface area contributed by atoms with Gasteiger partial charge in [0.05, 0.1) is 23.7 Å². The Labute approximate surface area is 308 Å². The van der Waals surface area contributed by atoms with Gasteiger partial charge in [-0.05, 0) is 108 Å². The summed E-state index contributed by atoms with van der Waals surface area (Å²) < 4.78 is 0. The largest absolute Gasteiger partial charge is 0.255 e. The molecule has 0 saturated heterocycles. The molecule has 2 aromatic heterocycles. The van der Waals surface area contributed by atoms with E-state index in [-0.39, 0.29) is 0 Å². The molecule has 0 amide bonds. The predicted octanol–water partition coefficient (Wildman–Crippen LogP) is 9.13. The summed E-state index contributed by atoms with van der Waals surface area (Å²) in [6.45, 7) is 0. The van der Waals surface area contributed by atoms with E-state index in [1.54, 1.807) is 0 Å². The van der Waals surface area contributed by atoms with Crippen molar-refractivity contribution in [2.45, 2.75) is 12.3 Å². The van der Waals surface area contributed by atoms with E-state index in [1.165, 1.54) is 43.0 Å². The average Bonchev–Trinajstić information content (AvgIpc) is 3.24. The van der Waals surface area contributed by atoms with Crippen LogP contribution in [-0.4, -0.2) is 9.97 Å². The van der Waals surface area contributed by atoms with Crippen LogP contribution in [0.25, 0.3) is 11.4 Å². The van der Waals surface area contributed by atoms with Gasteiger partial charge < -0.3 is 0 Å². The Morgan fingerprint density at radius 2 is 0.519 bits per heavy atom. The van der Waals surface area contributed by atoms with Crippen LogP contribution in [0.5, 0.6) is 0 Å². The van der Waals surface area contributed by atoms with E-state index in [9.17, 15) is 0 Å². The summed E-state index contributed by atoms with van der Waals surface area (Å²) in [6, 6.07) is 75.4. The third-order valence-electron chi connectivity index (χ3n) is 9.93. The number of hydrogen-bond acceptors (Lipinski definition) is 2. The summed E-state index contributed by atoms with van der Waals surface area (Å²) in [4.78, 5) is 9.86. The first-order valence-corrected chi connectivity index (χ1v) is 21.7. The molecule has 8 rings (SSSR count). The fourth-order valence-electron chi connectivity index (χ4n) is 7.51. The number of pyridine rings is 2. The summed E-state index contributed by atoms with van der Waals surface area (Å²) in [7, 11) is -4.14. The molecule has 0 aliphatic heterocycles. The second-order valence-electron chi connectivity index (χ2n) is 13.0. The fourth-order valence-corrected chi connectivity index (χ4v) is 16.0. The molecule has 0 N–H and O–H groups in total. The SMILES string of the molecule is c1ccc([P+](Cc2ccnc(-c3cc(C[P+](c4ccccc4)(c4ccccc4)c4ccccc4)ccn3)c2)(c2ccccc2)c2ccccc2)cc1. The number of rotatable bonds is 11. The first kappa shape index (κ1) is 33.6. The van der Waals surface area contributed by atoms with Crippen LogP contribution in [0.1, 0.15) is 11.1 Å². The zero-order chi connectivity index (χ0) is 35.1. The normalized spacial score (nSPS) is 11.6. The van der Waals surface area contributed by atoms with Crippen molar-refractivity contribution >= 4 is 46.4 Å². The molecule has 0 aliphatic carbocycles. The van der Waals surface area contributed by atoms with Crippen molar-refractivity contribution in [3.8, 4) is 11.4 Å². The summed E-state index contributed by atoms with van der Waals surface area (Å²) >= 11 is 0. The molecule has 0 bridgehead atoms. The first-order valence-electron chi connectivity index (χ1n) is 17.8. The lowest BCUT2D eigenvalue weighted by Crippen LogP contribution is -2.32. The van der Waals surface area contributed by atoms with Crippen molar-refractivity contribution in [3.63, 3.8) is 0 Å². The third-order valence-corrected chi connectivity index (χ3v) is 18.7. The molecule has 4 heteroatoms. The molecular formula is C48H40N2P2+2. The molecule has 250 valence electrons. The highest BCUT2D eigenvalue weighted by molar-refractivity contribution is 7.95. The van der Waals surface area contributed by atoms with Gasteiger partial charge in [0.2, 0.25) is 0 Å². The fraction of sp³-hybridized carbons (Fsp3) is 0.0417. The molecule has 0 spiro atoms. The summed E-state index contributed by atoms with van der Waals surface area (Å²) in [6.07, 6.45) is 5.68. The quantitative estimate of drug-likeness (QED) is 0.126. The molecule has 6 aromatic carbocycles. The number of benzene rings is 6. The van der Waals surface area contributed by atoms with Gasteiger partial charge in [0.25, 0.3) is 0 Å². The monoisotopic (exact) mass is 706 g/mol. The molecule has 0 radical (unpaired) electrons. The highest BCUT2D eigenvalue weighted by Crippen LogP contribution is 2.59. The van der Waals surface area contributed by atoms with E-state index in [0.29, 0.717) is 0 Å². The lowest BCUT2D eigenvalue weighted by molar-refractivity contribution is 1.20. The lowest BCUT2D eigenvalue weighted by Gasteiger charge is -2.28. The topological polar surface area (TPSA) is 25.8 Å². The van der Waals surface area contributed by atoms with E-state index < -0.39 is 14.5 Å². The predicted molar refractivity (Wildman–Crippen MR) is 225 cm³/mol. The van der Waals surface area contributed by atoms with Crippen molar-refractivity contribution in [1.29, 1.82) is 0 Å². The van der Waals surface area contributed by atoms with Gasteiger partial charge in [0, 0.05) is 12.4 Å². The van der Waals surface area contributed by atoms with Gasteiger partial charge in [-0.3, -0.25) is 9.97 Å². The number of nitrogens with zero attached hydrogens (tertiary/aromatic N) is 2. The minimum Gasteiger partial charge on any atom is -0.255 e. The third kappa shape index (κ3) is 6.65. The zero-order valence-electron chi connectivity index (χ0n) is 29.0. The van der Waals surface area contributed by atoms with E-state index in [1.807, 2.05) is 12.4 Å². The molecule has 0 saturated carbocycles. The number of hydrogen-bond donors (Lipinski definition) is 0. The molecule has 8 aromatic rings. The van der Waals surface area contributed by atoms with Crippen molar-refractivity contribution in [3.05, 3.63) is 230 Å². The van der Waals surface area contributed by atoms with Crippen LogP contribution in [0.3, 0.4) is 0 Å². The molecule has 0 fully saturated rings. The average molecular weight is 707 g/mol. The van der Waals surface area contributed by atoms with Gasteiger partial charge >= 0.3 is 0 Å². The maximum Gasteiger partial charge on any atom is 0.116 e. The summed E-state index contributed by atoms with van der Waals surface area (Å²) in [5.74, 6) is 0. The Hall–Kier alpha value is -5.52. The van der Waals surface area contributed by atoms with Gasteiger partial charge in [-0.2, -0.15) is 0 Å². The summed E-state index contributed by atoms with van der Waals surface area (Å²) in [5, 5.41) is 8.22. The Balaban J connectivity index is 1.22. The van der Waals surface area contributed by atoms with E-state index >= 15 is 0 Å². The molecule has 0 unspecified atom stereocenters. The highest BCUT2D eigenvalue weighted by Gasteiger charge is 2.46. The molecule has 0 aliphatic rings. The van der Waals surface area contributed by atoms with Gasteiger partial charge in [-0.25, -0.2) is 0 Å². The van der Waals surface area contributed by atoms with Crippen molar-refractivity contribution < 1.29 is 0 Å². The highest BCUT2D eigenvalue weighted by atomic mass is 31.2. The minimum atomic E-state index is -2.07. The van der Waals surface area contributed by atoms with Gasteiger partial charge in [0.15, 0.2) is 0 Å². The Morgan fingerprint density at radius 3 is 0.750 bits per heavy atom. The first-order chi connectivity index (χ1) is 25.8. The Bertz CT molecular complexity index is 1970. The second kappa shape index (κ2) is 15.4. The zero-order valence-corrected chi connectivity index (χ0v) is 30.8. The van der Waals surface area contributed by atoms with Gasteiger partial charge in [0.1, 0.15) is 46.4 Å². The Kier molecular flexibility index (Phi) is 9.94. The molecular weight excluding hydrogens is 666 g/mol. The Morgan fingerprint density at radius 1 is 0.288 bits per heavy atom. The van der Waals surface area contributed by atoms with Gasteiger partial charge in [-0.15, -0.1) is 0 Å². The maximum atomic E-state index is 4.93. The van der Waals surface area contributed by atoms with Crippen molar-refractivity contribution in [2.24, 2.45) is 0 Å². The smallest absolute Gasteiger partial charge is 0.116 e. The molecule has 2 nitrogen and oxygen atoms in total. The minimum absolute atomic E-state index is 0.880. The van der Waals surface area contributed by atoms with Crippen LogP contribution < -0.4 is 31.8 Å². The second-order valence-corrected chi connectivity index (χ2v) is 20.0. The van der Waals surface area contributed by atoms with Crippen LogP contribution in [0, 0.1) is 0 Å².